The lowest BCUT2D eigenvalue weighted by molar-refractivity contribution is -0.161. The molecule has 0 fully saturated rings. The molecule has 0 rings (SSSR count). The van der Waals surface area contributed by atoms with E-state index < -0.39 is 57.8 Å². The molecule has 0 saturated carbocycles. The number of phosphoric ester groups is 1. The lowest BCUT2D eigenvalue weighted by atomic mass is 10.0. The molecule has 12 heteroatoms. The molecular formula is C68H129O11P. The fraction of sp³-hybridized carbons (Fsp3) is 0.897. The van der Waals surface area contributed by atoms with Crippen molar-refractivity contribution in [2.24, 2.45) is 0 Å². The van der Waals surface area contributed by atoms with Crippen molar-refractivity contribution >= 4 is 25.7 Å². The van der Waals surface area contributed by atoms with Crippen molar-refractivity contribution in [3.63, 3.8) is 0 Å². The average molecular weight is 1150 g/mol. The van der Waals surface area contributed by atoms with Crippen LogP contribution in [0.4, 0.5) is 0 Å². The van der Waals surface area contributed by atoms with Gasteiger partial charge in [0.05, 0.1) is 19.8 Å². The molecule has 0 bridgehead atoms. The van der Waals surface area contributed by atoms with Crippen molar-refractivity contribution in [2.45, 2.75) is 367 Å². The van der Waals surface area contributed by atoms with Crippen LogP contribution in [-0.2, 0) is 42.2 Å². The van der Waals surface area contributed by atoms with Crippen molar-refractivity contribution in [3.05, 3.63) is 24.3 Å². The first-order valence-electron chi connectivity index (χ1n) is 34.2. The van der Waals surface area contributed by atoms with Gasteiger partial charge >= 0.3 is 25.7 Å². The van der Waals surface area contributed by atoms with E-state index in [1.54, 1.807) is 0 Å². The van der Waals surface area contributed by atoms with Crippen LogP contribution >= 0.6 is 7.82 Å². The Morgan fingerprint density at radius 2 is 0.613 bits per heavy atom. The van der Waals surface area contributed by atoms with Gasteiger partial charge in [-0.25, -0.2) is 4.57 Å². The van der Waals surface area contributed by atoms with Gasteiger partial charge in [0.2, 0.25) is 0 Å². The lowest BCUT2D eigenvalue weighted by Gasteiger charge is -2.21. The number of aliphatic hydroxyl groups excluding tert-OH is 1. The number of rotatable bonds is 65. The zero-order valence-corrected chi connectivity index (χ0v) is 53.5. The van der Waals surface area contributed by atoms with E-state index in [2.05, 4.69) is 45.1 Å². The Hall–Kier alpha value is -2.04. The smallest absolute Gasteiger partial charge is 0.462 e. The van der Waals surface area contributed by atoms with E-state index in [0.29, 0.717) is 19.3 Å². The highest BCUT2D eigenvalue weighted by Crippen LogP contribution is 2.43. The van der Waals surface area contributed by atoms with Crippen LogP contribution in [0.5, 0.6) is 0 Å². The van der Waals surface area contributed by atoms with Gasteiger partial charge in [0.1, 0.15) is 12.7 Å². The first kappa shape index (κ1) is 78.0. The molecule has 0 aliphatic carbocycles. The molecule has 0 heterocycles. The van der Waals surface area contributed by atoms with Crippen molar-refractivity contribution < 1.29 is 52.2 Å². The third-order valence-corrected chi connectivity index (χ3v) is 16.3. The number of unbranched alkanes of at least 4 members (excludes halogenated alkanes) is 44. The summed E-state index contributed by atoms with van der Waals surface area (Å²) in [7, 11) is -4.75. The fourth-order valence-corrected chi connectivity index (χ4v) is 10.9. The van der Waals surface area contributed by atoms with Gasteiger partial charge in [0, 0.05) is 19.3 Å². The Bertz CT molecular complexity index is 1440. The number of hydrogen-bond acceptors (Lipinski definition) is 10. The highest BCUT2D eigenvalue weighted by Gasteiger charge is 2.28. The number of ether oxygens (including phenoxy) is 3. The van der Waals surface area contributed by atoms with Crippen LogP contribution in [0.3, 0.4) is 0 Å². The summed E-state index contributed by atoms with van der Waals surface area (Å²) >= 11 is 0. The lowest BCUT2D eigenvalue weighted by Crippen LogP contribution is -2.30. The van der Waals surface area contributed by atoms with Gasteiger partial charge in [-0.2, -0.15) is 0 Å². The topological polar surface area (TPSA) is 155 Å². The highest BCUT2D eigenvalue weighted by molar-refractivity contribution is 7.47. The first-order valence-corrected chi connectivity index (χ1v) is 35.7. The van der Waals surface area contributed by atoms with Gasteiger partial charge in [0.15, 0.2) is 6.10 Å². The van der Waals surface area contributed by atoms with E-state index in [1.165, 1.54) is 212 Å². The van der Waals surface area contributed by atoms with Gasteiger partial charge in [-0.05, 0) is 51.4 Å². The largest absolute Gasteiger partial charge is 0.472 e. The molecular weight excluding hydrogens is 1020 g/mol. The number of esters is 3. The number of hydrogen-bond donors (Lipinski definition) is 2. The molecule has 3 unspecified atom stereocenters. The van der Waals surface area contributed by atoms with Crippen LogP contribution in [0.1, 0.15) is 355 Å². The Balaban J connectivity index is 4.64. The molecule has 0 spiro atoms. The normalized spacial score (nSPS) is 13.3. The van der Waals surface area contributed by atoms with E-state index >= 15 is 0 Å². The second kappa shape index (κ2) is 63.0. The van der Waals surface area contributed by atoms with E-state index in [1.807, 2.05) is 0 Å². The minimum atomic E-state index is -4.75. The van der Waals surface area contributed by atoms with Crippen LogP contribution < -0.4 is 0 Å². The SMILES string of the molecule is CCCCC/C=C\C/C=C\CCCCCCCC(=O)OC(CO)COP(=O)(O)OCC(COC(=O)CCCCCCCCCCCCCCCCCCCCC)OC(=O)CCCCCCCCCCCCCCCCCCCCC. The maximum atomic E-state index is 13.0. The Morgan fingerprint density at radius 1 is 0.350 bits per heavy atom. The monoisotopic (exact) mass is 1150 g/mol. The number of carbonyl (C=O) groups excluding carboxylic acids is 3. The van der Waals surface area contributed by atoms with Crippen molar-refractivity contribution in [3.8, 4) is 0 Å². The van der Waals surface area contributed by atoms with Crippen LogP contribution in [0.2, 0.25) is 0 Å². The van der Waals surface area contributed by atoms with Crippen LogP contribution in [0, 0.1) is 0 Å². The van der Waals surface area contributed by atoms with Crippen LogP contribution in [0.25, 0.3) is 0 Å². The molecule has 0 radical (unpaired) electrons. The predicted octanol–water partition coefficient (Wildman–Crippen LogP) is 20.9. The van der Waals surface area contributed by atoms with Gasteiger partial charge < -0.3 is 24.2 Å². The van der Waals surface area contributed by atoms with Crippen molar-refractivity contribution in [1.29, 1.82) is 0 Å². The summed E-state index contributed by atoms with van der Waals surface area (Å²) in [6, 6.07) is 0. The second-order valence-electron chi connectivity index (χ2n) is 23.4. The molecule has 0 saturated heterocycles. The van der Waals surface area contributed by atoms with Crippen LogP contribution in [0.15, 0.2) is 24.3 Å². The summed E-state index contributed by atoms with van der Waals surface area (Å²) < 4.78 is 39.8. The van der Waals surface area contributed by atoms with Gasteiger partial charge in [-0.15, -0.1) is 0 Å². The fourth-order valence-electron chi connectivity index (χ4n) is 10.2. The Labute approximate surface area is 493 Å². The summed E-state index contributed by atoms with van der Waals surface area (Å²) in [6.07, 6.45) is 67.0. The zero-order valence-electron chi connectivity index (χ0n) is 52.6. The number of phosphoric acid groups is 1. The van der Waals surface area contributed by atoms with E-state index in [4.69, 9.17) is 23.3 Å². The highest BCUT2D eigenvalue weighted by atomic mass is 31.2. The third kappa shape index (κ3) is 60.5. The molecule has 472 valence electrons. The minimum absolute atomic E-state index is 0.166. The summed E-state index contributed by atoms with van der Waals surface area (Å²) in [5, 5.41) is 9.86. The summed E-state index contributed by atoms with van der Waals surface area (Å²) in [6.45, 7) is 4.70. The molecule has 80 heavy (non-hydrogen) atoms. The molecule has 2 N–H and O–H groups in total. The summed E-state index contributed by atoms with van der Waals surface area (Å²) in [5.41, 5.74) is 0. The van der Waals surface area contributed by atoms with E-state index in [9.17, 15) is 28.9 Å². The predicted molar refractivity (Wildman–Crippen MR) is 335 cm³/mol. The van der Waals surface area contributed by atoms with Gasteiger partial charge in [-0.1, -0.05) is 308 Å². The second-order valence-corrected chi connectivity index (χ2v) is 24.8. The third-order valence-electron chi connectivity index (χ3n) is 15.4. The first-order chi connectivity index (χ1) is 39.2. The molecule has 0 amide bonds. The number of aliphatic hydroxyl groups is 1. The summed E-state index contributed by atoms with van der Waals surface area (Å²) in [5.74, 6) is -1.44. The van der Waals surface area contributed by atoms with Crippen molar-refractivity contribution in [1.82, 2.24) is 0 Å². The molecule has 11 nitrogen and oxygen atoms in total. The molecule has 0 aliphatic rings. The minimum Gasteiger partial charge on any atom is -0.462 e. The standard InChI is InChI=1S/C68H129O11P/c1-4-7-10-13-16-19-22-25-28-30-32-34-37-39-42-45-48-51-54-57-66(70)75-61-65(79-68(72)59-56-53-50-47-44-41-38-35-33-31-29-26-23-20-17-14-11-8-5-2)63-77-80(73,74)76-62-64(60-69)78-67(71)58-55-52-49-46-43-40-36-27-24-21-18-15-12-9-6-3/h18,21,27,36,64-65,69H,4-17,19-20,22-26,28-35,37-63H2,1-3H3,(H,73,74)/b21-18-,36-27-. The zero-order chi connectivity index (χ0) is 58.3. The van der Waals surface area contributed by atoms with Crippen molar-refractivity contribution in [2.75, 3.05) is 26.4 Å². The quantitative estimate of drug-likeness (QED) is 0.0197. The molecule has 0 aliphatic heterocycles. The molecule has 0 aromatic carbocycles. The molecule has 0 aromatic rings. The van der Waals surface area contributed by atoms with Crippen LogP contribution in [-0.4, -0.2) is 66.5 Å². The maximum absolute atomic E-state index is 13.0. The maximum Gasteiger partial charge on any atom is 0.472 e. The molecule has 3 atom stereocenters. The number of carbonyl (C=O) groups is 3. The Morgan fingerprint density at radius 3 is 0.950 bits per heavy atom. The Kier molecular flexibility index (Phi) is 61.4. The number of allylic oxidation sites excluding steroid dienone is 4. The van der Waals surface area contributed by atoms with E-state index in [0.717, 1.165) is 83.5 Å². The molecule has 0 aromatic heterocycles. The van der Waals surface area contributed by atoms with Gasteiger partial charge in [0.25, 0.3) is 0 Å². The average Bonchev–Trinajstić information content (AvgIpc) is 3.45. The van der Waals surface area contributed by atoms with E-state index in [-0.39, 0.29) is 25.9 Å². The van der Waals surface area contributed by atoms with Gasteiger partial charge in [-0.3, -0.25) is 23.4 Å². The summed E-state index contributed by atoms with van der Waals surface area (Å²) in [4.78, 5) is 48.8.